The molecule has 3 aromatic rings. The zero-order valence-corrected chi connectivity index (χ0v) is 21.3. The number of benzene rings is 2. The molecule has 0 radical (unpaired) electrons. The van der Waals surface area contributed by atoms with Crippen LogP contribution in [-0.2, 0) is 17.6 Å². The number of hydrogen-bond acceptors (Lipinski definition) is 5. The Morgan fingerprint density at radius 2 is 1.88 bits per heavy atom. The van der Waals surface area contributed by atoms with Gasteiger partial charge in [-0.15, -0.1) is 11.3 Å². The number of aryl methyl sites for hydroxylation is 1. The molecule has 1 heterocycles. The Morgan fingerprint density at radius 3 is 2.62 bits per heavy atom. The SMILES string of the molecule is CC(=O)Oc1c(Br)cc(Br)cc1C=Nc1sc2c(c1C(=O)Nc1ccccc1)CCCC2. The second-order valence-corrected chi connectivity index (χ2v) is 10.2. The van der Waals surface area contributed by atoms with Gasteiger partial charge in [-0.25, -0.2) is 4.99 Å². The van der Waals surface area contributed by atoms with Crippen molar-refractivity contribution in [2.45, 2.75) is 32.6 Å². The van der Waals surface area contributed by atoms with Crippen LogP contribution in [0.25, 0.3) is 0 Å². The van der Waals surface area contributed by atoms with Crippen LogP contribution < -0.4 is 10.1 Å². The number of aliphatic imine (C=N–C) groups is 1. The number of esters is 1. The van der Waals surface area contributed by atoms with Gasteiger partial charge in [-0.3, -0.25) is 9.59 Å². The van der Waals surface area contributed by atoms with Crippen LogP contribution in [0.15, 0.2) is 56.4 Å². The zero-order chi connectivity index (χ0) is 22.7. The number of para-hydroxylation sites is 1. The van der Waals surface area contributed by atoms with Crippen molar-refractivity contribution >= 4 is 72.0 Å². The number of amides is 1. The molecule has 1 N–H and O–H groups in total. The predicted octanol–water partition coefficient (Wildman–Crippen LogP) is 7.08. The fourth-order valence-electron chi connectivity index (χ4n) is 3.65. The van der Waals surface area contributed by atoms with Crippen LogP contribution >= 0.6 is 43.2 Å². The van der Waals surface area contributed by atoms with Crippen molar-refractivity contribution in [1.29, 1.82) is 0 Å². The Bertz CT molecular complexity index is 1210. The van der Waals surface area contributed by atoms with Gasteiger partial charge in [-0.2, -0.15) is 0 Å². The summed E-state index contributed by atoms with van der Waals surface area (Å²) in [7, 11) is 0. The highest BCUT2D eigenvalue weighted by molar-refractivity contribution is 9.11. The normalized spacial score (nSPS) is 13.1. The molecule has 164 valence electrons. The first kappa shape index (κ1) is 22.9. The summed E-state index contributed by atoms with van der Waals surface area (Å²) in [5.74, 6) is -0.184. The molecule has 0 unspecified atom stereocenters. The van der Waals surface area contributed by atoms with E-state index < -0.39 is 5.97 Å². The number of carbonyl (C=O) groups excluding carboxylic acids is 2. The number of carbonyl (C=O) groups is 2. The number of anilines is 1. The molecule has 0 saturated carbocycles. The highest BCUT2D eigenvalue weighted by Crippen LogP contribution is 2.41. The van der Waals surface area contributed by atoms with Crippen molar-refractivity contribution in [3.63, 3.8) is 0 Å². The molecular weight excluding hydrogens is 556 g/mol. The average Bonchev–Trinajstić information content (AvgIpc) is 3.13. The fourth-order valence-corrected chi connectivity index (χ4v) is 6.22. The van der Waals surface area contributed by atoms with Gasteiger partial charge in [-0.05, 0) is 71.4 Å². The van der Waals surface area contributed by atoms with E-state index in [-0.39, 0.29) is 5.91 Å². The van der Waals surface area contributed by atoms with Gasteiger partial charge in [-0.1, -0.05) is 34.1 Å². The number of hydrogen-bond donors (Lipinski definition) is 1. The van der Waals surface area contributed by atoms with Gasteiger partial charge in [0.25, 0.3) is 5.91 Å². The van der Waals surface area contributed by atoms with Crippen molar-refractivity contribution in [3.8, 4) is 5.75 Å². The van der Waals surface area contributed by atoms with Crippen molar-refractivity contribution in [1.82, 2.24) is 0 Å². The third kappa shape index (κ3) is 5.19. The molecule has 4 rings (SSSR count). The zero-order valence-electron chi connectivity index (χ0n) is 17.3. The summed E-state index contributed by atoms with van der Waals surface area (Å²) in [6.45, 7) is 1.36. The summed E-state index contributed by atoms with van der Waals surface area (Å²) in [4.78, 5) is 30.7. The van der Waals surface area contributed by atoms with E-state index in [0.29, 0.717) is 26.4 Å². The highest BCUT2D eigenvalue weighted by atomic mass is 79.9. The lowest BCUT2D eigenvalue weighted by Gasteiger charge is -2.12. The number of nitrogens with one attached hydrogen (secondary N) is 1. The van der Waals surface area contributed by atoms with Gasteiger partial charge in [0.2, 0.25) is 0 Å². The van der Waals surface area contributed by atoms with Gasteiger partial charge in [0, 0.05) is 33.7 Å². The molecule has 1 aliphatic carbocycles. The largest absolute Gasteiger partial charge is 0.425 e. The van der Waals surface area contributed by atoms with Crippen LogP contribution in [-0.4, -0.2) is 18.1 Å². The first-order valence-corrected chi connectivity index (χ1v) is 12.5. The quantitative estimate of drug-likeness (QED) is 0.201. The van der Waals surface area contributed by atoms with Crippen molar-refractivity contribution in [2.75, 3.05) is 5.32 Å². The van der Waals surface area contributed by atoms with Crippen LogP contribution in [0, 0.1) is 0 Å². The van der Waals surface area contributed by atoms with Gasteiger partial charge in [0.05, 0.1) is 10.0 Å². The second-order valence-electron chi connectivity index (χ2n) is 7.37. The maximum atomic E-state index is 13.2. The monoisotopic (exact) mass is 574 g/mol. The van der Waals surface area contributed by atoms with E-state index >= 15 is 0 Å². The van der Waals surface area contributed by atoms with Crippen molar-refractivity contribution in [2.24, 2.45) is 4.99 Å². The van der Waals surface area contributed by atoms with Crippen LogP contribution in [0.4, 0.5) is 10.7 Å². The topological polar surface area (TPSA) is 67.8 Å². The average molecular weight is 576 g/mol. The van der Waals surface area contributed by atoms with E-state index in [1.165, 1.54) is 11.8 Å². The molecule has 5 nitrogen and oxygen atoms in total. The first-order valence-electron chi connectivity index (χ1n) is 10.1. The van der Waals surface area contributed by atoms with E-state index in [4.69, 9.17) is 9.73 Å². The maximum Gasteiger partial charge on any atom is 0.308 e. The van der Waals surface area contributed by atoms with Gasteiger partial charge >= 0.3 is 5.97 Å². The molecule has 0 bridgehead atoms. The summed E-state index contributed by atoms with van der Waals surface area (Å²) in [5.41, 5.74) is 3.10. The molecular formula is C24H20Br2N2O3S. The van der Waals surface area contributed by atoms with Crippen molar-refractivity contribution < 1.29 is 14.3 Å². The number of thiophene rings is 1. The van der Waals surface area contributed by atoms with E-state index in [2.05, 4.69) is 37.2 Å². The van der Waals surface area contributed by atoms with Crippen LogP contribution in [0.1, 0.15) is 46.1 Å². The summed E-state index contributed by atoms with van der Waals surface area (Å²) in [5, 5.41) is 3.66. The highest BCUT2D eigenvalue weighted by Gasteiger charge is 2.25. The predicted molar refractivity (Wildman–Crippen MR) is 136 cm³/mol. The smallest absolute Gasteiger partial charge is 0.308 e. The Morgan fingerprint density at radius 1 is 1.12 bits per heavy atom. The van der Waals surface area contributed by atoms with Crippen LogP contribution in [0.2, 0.25) is 0 Å². The Labute approximate surface area is 207 Å². The second kappa shape index (κ2) is 10.1. The first-order chi connectivity index (χ1) is 15.4. The Hall–Kier alpha value is -2.29. The fraction of sp³-hybridized carbons (Fsp3) is 0.208. The molecule has 8 heteroatoms. The minimum Gasteiger partial charge on any atom is -0.425 e. The van der Waals surface area contributed by atoms with E-state index in [1.807, 2.05) is 36.4 Å². The summed E-state index contributed by atoms with van der Waals surface area (Å²) < 4.78 is 6.83. The molecule has 0 saturated heterocycles. The summed E-state index contributed by atoms with van der Waals surface area (Å²) in [6.07, 6.45) is 5.66. The molecule has 0 fully saturated rings. The molecule has 0 atom stereocenters. The van der Waals surface area contributed by atoms with E-state index in [9.17, 15) is 9.59 Å². The maximum absolute atomic E-state index is 13.2. The number of nitrogens with zero attached hydrogens (tertiary/aromatic N) is 1. The lowest BCUT2D eigenvalue weighted by atomic mass is 9.95. The standard InChI is InChI=1S/C24H20Br2N2O3S/c1-14(29)31-22-15(11-16(25)12-19(22)26)13-27-24-21(18-9-5-6-10-20(18)32-24)23(30)28-17-7-3-2-4-8-17/h2-4,7-8,11-13H,5-6,9-10H2,1H3,(H,28,30). The third-order valence-electron chi connectivity index (χ3n) is 5.02. The van der Waals surface area contributed by atoms with Gasteiger partial charge < -0.3 is 10.1 Å². The lowest BCUT2D eigenvalue weighted by molar-refractivity contribution is -0.131. The number of rotatable bonds is 5. The molecule has 0 aliphatic heterocycles. The van der Waals surface area contributed by atoms with Gasteiger partial charge in [0.1, 0.15) is 5.00 Å². The molecule has 2 aromatic carbocycles. The number of halogens is 2. The Kier molecular flexibility index (Phi) is 7.23. The number of ether oxygens (including phenoxy) is 1. The molecule has 1 aliphatic rings. The molecule has 1 amide bonds. The molecule has 0 spiro atoms. The third-order valence-corrected chi connectivity index (χ3v) is 7.26. The van der Waals surface area contributed by atoms with E-state index in [0.717, 1.165) is 41.4 Å². The Balaban J connectivity index is 1.73. The minimum absolute atomic E-state index is 0.154. The van der Waals surface area contributed by atoms with Crippen LogP contribution in [0.5, 0.6) is 5.75 Å². The van der Waals surface area contributed by atoms with Crippen molar-refractivity contribution in [3.05, 3.63) is 73.0 Å². The minimum atomic E-state index is -0.419. The summed E-state index contributed by atoms with van der Waals surface area (Å²) in [6, 6.07) is 13.0. The van der Waals surface area contributed by atoms with Crippen LogP contribution in [0.3, 0.4) is 0 Å². The molecule has 32 heavy (non-hydrogen) atoms. The lowest BCUT2D eigenvalue weighted by Crippen LogP contribution is -2.14. The van der Waals surface area contributed by atoms with E-state index in [1.54, 1.807) is 23.6 Å². The molecule has 1 aromatic heterocycles. The number of fused-ring (bicyclic) bond motifs is 1. The van der Waals surface area contributed by atoms with Gasteiger partial charge in [0.15, 0.2) is 5.75 Å². The summed E-state index contributed by atoms with van der Waals surface area (Å²) >= 11 is 8.47.